The number of pyridine rings is 1. The zero-order valence-electron chi connectivity index (χ0n) is 13.5. The number of nitrogens with one attached hydrogen (secondary N) is 1. The number of hydrogen-bond acceptors (Lipinski definition) is 5. The molecule has 1 N–H and O–H groups in total. The van der Waals surface area contributed by atoms with Gasteiger partial charge in [-0.25, -0.2) is 4.98 Å². The summed E-state index contributed by atoms with van der Waals surface area (Å²) in [6.07, 6.45) is -0.0892. The normalized spacial score (nSPS) is 15.8. The molecular weight excluding hydrogens is 364 g/mol. The van der Waals surface area contributed by atoms with Gasteiger partial charge in [-0.05, 0) is 31.2 Å². The fourth-order valence-electron chi connectivity index (χ4n) is 2.49. The highest BCUT2D eigenvalue weighted by molar-refractivity contribution is 8.00. The number of ether oxygens (including phenoxy) is 2. The van der Waals surface area contributed by atoms with Crippen molar-refractivity contribution in [3.63, 3.8) is 0 Å². The summed E-state index contributed by atoms with van der Waals surface area (Å²) >= 11 is 1.30. The molecule has 0 saturated heterocycles. The Kier molecular flexibility index (Phi) is 3.95. The molecular formula is C17H13F2N3O3S. The van der Waals surface area contributed by atoms with Crippen LogP contribution < -0.4 is 14.8 Å². The van der Waals surface area contributed by atoms with Gasteiger partial charge in [0.25, 0.3) is 0 Å². The molecule has 0 radical (unpaired) electrons. The summed E-state index contributed by atoms with van der Waals surface area (Å²) in [4.78, 5) is 16.7. The van der Waals surface area contributed by atoms with E-state index in [1.807, 2.05) is 28.8 Å². The highest BCUT2D eigenvalue weighted by atomic mass is 32.2. The fraction of sp³-hybridized carbons (Fsp3) is 0.176. The predicted molar refractivity (Wildman–Crippen MR) is 91.8 cm³/mol. The van der Waals surface area contributed by atoms with Crippen molar-refractivity contribution in [2.75, 3.05) is 5.32 Å². The van der Waals surface area contributed by atoms with Crippen molar-refractivity contribution < 1.29 is 23.0 Å². The Bertz CT molecular complexity index is 992. The van der Waals surface area contributed by atoms with Gasteiger partial charge in [-0.3, -0.25) is 9.20 Å². The first-order valence-corrected chi connectivity index (χ1v) is 8.59. The van der Waals surface area contributed by atoms with Crippen molar-refractivity contribution in [2.24, 2.45) is 0 Å². The number of halogens is 2. The molecule has 26 heavy (non-hydrogen) atoms. The van der Waals surface area contributed by atoms with E-state index >= 15 is 0 Å². The summed E-state index contributed by atoms with van der Waals surface area (Å²) in [6.45, 7) is 1.74. The Labute approximate surface area is 151 Å². The third-order valence-corrected chi connectivity index (χ3v) is 4.81. The molecule has 0 fully saturated rings. The first kappa shape index (κ1) is 16.6. The number of carbonyl (C=O) groups is 1. The van der Waals surface area contributed by atoms with Gasteiger partial charge in [-0.1, -0.05) is 17.8 Å². The second kappa shape index (κ2) is 6.17. The third-order valence-electron chi connectivity index (χ3n) is 3.72. The van der Waals surface area contributed by atoms with E-state index in [0.717, 1.165) is 5.52 Å². The molecule has 1 unspecified atom stereocenters. The average molecular weight is 377 g/mol. The lowest BCUT2D eigenvalue weighted by Crippen LogP contribution is -2.26. The van der Waals surface area contributed by atoms with E-state index in [1.54, 1.807) is 13.1 Å². The van der Waals surface area contributed by atoms with E-state index in [4.69, 9.17) is 0 Å². The van der Waals surface area contributed by atoms with E-state index in [9.17, 15) is 13.6 Å². The molecule has 0 bridgehead atoms. The highest BCUT2D eigenvalue weighted by Crippen LogP contribution is 2.42. The minimum atomic E-state index is -3.68. The standard InChI is InChI=1S/C17H13F2N3O3S/c1-10(26-16-20-9-12-4-2-3-7-22(12)16)15(23)21-11-5-6-13-14(8-11)25-17(18,19)24-13/h2-10H,1H3,(H,21,23). The lowest BCUT2D eigenvalue weighted by atomic mass is 10.2. The molecule has 4 rings (SSSR count). The summed E-state index contributed by atoms with van der Waals surface area (Å²) in [6, 6.07) is 9.81. The van der Waals surface area contributed by atoms with Gasteiger partial charge in [-0.15, -0.1) is 8.78 Å². The Balaban J connectivity index is 1.45. The zero-order valence-corrected chi connectivity index (χ0v) is 14.3. The zero-order chi connectivity index (χ0) is 18.3. The number of amides is 1. The van der Waals surface area contributed by atoms with Crippen molar-refractivity contribution in [1.82, 2.24) is 9.38 Å². The molecule has 1 aromatic carbocycles. The molecule has 1 aliphatic rings. The van der Waals surface area contributed by atoms with Crippen LogP contribution in [0.25, 0.3) is 5.52 Å². The maximum absolute atomic E-state index is 13.1. The number of alkyl halides is 2. The lowest BCUT2D eigenvalue weighted by molar-refractivity contribution is -0.286. The molecule has 3 aromatic rings. The van der Waals surface area contributed by atoms with Crippen molar-refractivity contribution in [3.05, 3.63) is 48.8 Å². The van der Waals surface area contributed by atoms with Gasteiger partial charge in [0.05, 0.1) is 17.0 Å². The van der Waals surface area contributed by atoms with Crippen LogP contribution in [0.4, 0.5) is 14.5 Å². The van der Waals surface area contributed by atoms with Gasteiger partial charge in [0.15, 0.2) is 16.7 Å². The van der Waals surface area contributed by atoms with Crippen molar-refractivity contribution in [3.8, 4) is 11.5 Å². The largest absolute Gasteiger partial charge is 0.586 e. The summed E-state index contributed by atoms with van der Waals surface area (Å²) < 4.78 is 36.7. The molecule has 0 saturated carbocycles. The van der Waals surface area contributed by atoms with E-state index in [2.05, 4.69) is 19.8 Å². The fourth-order valence-corrected chi connectivity index (χ4v) is 3.36. The number of fused-ring (bicyclic) bond motifs is 2. The van der Waals surface area contributed by atoms with Gasteiger partial charge in [0, 0.05) is 18.0 Å². The number of imidazole rings is 1. The topological polar surface area (TPSA) is 64.9 Å². The van der Waals surface area contributed by atoms with Gasteiger partial charge >= 0.3 is 6.29 Å². The van der Waals surface area contributed by atoms with E-state index in [-0.39, 0.29) is 17.4 Å². The molecule has 1 amide bonds. The highest BCUT2D eigenvalue weighted by Gasteiger charge is 2.43. The van der Waals surface area contributed by atoms with E-state index < -0.39 is 11.5 Å². The van der Waals surface area contributed by atoms with Crippen LogP contribution >= 0.6 is 11.8 Å². The number of nitrogens with zero attached hydrogens (tertiary/aromatic N) is 2. The average Bonchev–Trinajstić information content (AvgIpc) is 3.13. The molecule has 6 nitrogen and oxygen atoms in total. The van der Waals surface area contributed by atoms with Crippen LogP contribution in [0.5, 0.6) is 11.5 Å². The number of anilines is 1. The summed E-state index contributed by atoms with van der Waals surface area (Å²) in [5, 5.41) is 2.92. The smallest absolute Gasteiger partial charge is 0.395 e. The van der Waals surface area contributed by atoms with E-state index in [1.165, 1.54) is 30.0 Å². The molecule has 9 heteroatoms. The SMILES string of the molecule is CC(Sc1ncc2ccccn12)C(=O)Nc1ccc2c(c1)OC(F)(F)O2. The Hall–Kier alpha value is -2.81. The van der Waals surface area contributed by atoms with Crippen molar-refractivity contribution in [2.45, 2.75) is 23.6 Å². The Morgan fingerprint density at radius 2 is 2.08 bits per heavy atom. The number of benzene rings is 1. The Morgan fingerprint density at radius 1 is 1.27 bits per heavy atom. The lowest BCUT2D eigenvalue weighted by Gasteiger charge is -2.11. The number of rotatable bonds is 4. The van der Waals surface area contributed by atoms with Crippen LogP contribution in [-0.2, 0) is 4.79 Å². The molecule has 3 heterocycles. The molecule has 2 aromatic heterocycles. The van der Waals surface area contributed by atoms with Gasteiger partial charge in [-0.2, -0.15) is 0 Å². The number of aromatic nitrogens is 2. The van der Waals surface area contributed by atoms with Crippen LogP contribution in [0.1, 0.15) is 6.92 Å². The second-order valence-corrected chi connectivity index (χ2v) is 6.92. The van der Waals surface area contributed by atoms with Crippen LogP contribution in [0, 0.1) is 0 Å². The van der Waals surface area contributed by atoms with Crippen LogP contribution in [0.2, 0.25) is 0 Å². The maximum atomic E-state index is 13.1. The molecule has 1 atom stereocenters. The molecule has 0 spiro atoms. The first-order valence-electron chi connectivity index (χ1n) is 7.71. The number of carbonyl (C=O) groups excluding carboxylic acids is 1. The molecule has 134 valence electrons. The monoisotopic (exact) mass is 377 g/mol. The minimum absolute atomic E-state index is 0.0701. The van der Waals surface area contributed by atoms with Crippen LogP contribution in [0.3, 0.4) is 0 Å². The van der Waals surface area contributed by atoms with Gasteiger partial charge in [0.1, 0.15) is 0 Å². The van der Waals surface area contributed by atoms with Crippen LogP contribution in [0.15, 0.2) is 53.9 Å². The maximum Gasteiger partial charge on any atom is 0.586 e. The van der Waals surface area contributed by atoms with Gasteiger partial charge in [0.2, 0.25) is 5.91 Å². The number of thioether (sulfide) groups is 1. The number of hydrogen-bond donors (Lipinski definition) is 1. The van der Waals surface area contributed by atoms with Gasteiger partial charge < -0.3 is 14.8 Å². The van der Waals surface area contributed by atoms with Crippen molar-refractivity contribution in [1.29, 1.82) is 0 Å². The quantitative estimate of drug-likeness (QED) is 0.701. The first-order chi connectivity index (χ1) is 12.4. The second-order valence-electron chi connectivity index (χ2n) is 5.61. The van der Waals surface area contributed by atoms with E-state index in [0.29, 0.717) is 10.8 Å². The molecule has 0 aliphatic carbocycles. The molecule has 1 aliphatic heterocycles. The van der Waals surface area contributed by atoms with Crippen LogP contribution in [-0.4, -0.2) is 26.8 Å². The summed E-state index contributed by atoms with van der Waals surface area (Å²) in [5.74, 6) is -0.472. The summed E-state index contributed by atoms with van der Waals surface area (Å²) in [7, 11) is 0. The van der Waals surface area contributed by atoms with Crippen molar-refractivity contribution >= 4 is 28.9 Å². The Morgan fingerprint density at radius 3 is 2.92 bits per heavy atom. The minimum Gasteiger partial charge on any atom is -0.395 e. The third kappa shape index (κ3) is 3.17. The summed E-state index contributed by atoms with van der Waals surface area (Å²) in [5.41, 5.74) is 1.27. The predicted octanol–water partition coefficient (Wildman–Crippen LogP) is 3.78.